The predicted octanol–water partition coefficient (Wildman–Crippen LogP) is 4.32. The molecule has 37 heavy (non-hydrogen) atoms. The molecule has 3 aromatic carbocycles. The van der Waals surface area contributed by atoms with Gasteiger partial charge in [0.2, 0.25) is 0 Å². The van der Waals surface area contributed by atoms with Gasteiger partial charge in [-0.1, -0.05) is 53.3 Å². The van der Waals surface area contributed by atoms with E-state index in [1.165, 1.54) is 22.0 Å². The maximum atomic E-state index is 13.9. The molecule has 0 radical (unpaired) electrons. The summed E-state index contributed by atoms with van der Waals surface area (Å²) in [5.74, 6) is -0.0290. The van der Waals surface area contributed by atoms with Crippen LogP contribution in [0.15, 0.2) is 75.7 Å². The molecular weight excluding hydrogens is 512 g/mol. The van der Waals surface area contributed by atoms with Gasteiger partial charge in [-0.05, 0) is 55.0 Å². The number of halogens is 1. The number of hydrogen-bond donors (Lipinski definition) is 1. The first-order valence-electron chi connectivity index (χ1n) is 11.6. The molecule has 1 atom stereocenters. The molecule has 0 aliphatic carbocycles. The summed E-state index contributed by atoms with van der Waals surface area (Å²) in [5.41, 5.74) is 1.42. The molecule has 1 N–H and O–H groups in total. The number of esters is 1. The van der Waals surface area contributed by atoms with Crippen molar-refractivity contribution in [1.29, 1.82) is 0 Å². The van der Waals surface area contributed by atoms with E-state index in [9.17, 15) is 14.7 Å². The largest absolute Gasteiger partial charge is 0.507 e. The number of benzene rings is 3. The van der Waals surface area contributed by atoms with Crippen LogP contribution in [-0.4, -0.2) is 29.4 Å². The fourth-order valence-corrected chi connectivity index (χ4v) is 5.80. The topological polar surface area (TPSA) is 90.1 Å². The first kappa shape index (κ1) is 24.8. The van der Waals surface area contributed by atoms with E-state index in [0.717, 1.165) is 10.8 Å². The molecular formula is C28H23ClN2O5S. The Bertz CT molecular complexity index is 1770. The molecule has 7 nitrogen and oxygen atoms in total. The van der Waals surface area contributed by atoms with E-state index in [-0.39, 0.29) is 23.5 Å². The van der Waals surface area contributed by atoms with Crippen molar-refractivity contribution in [2.24, 2.45) is 4.99 Å². The zero-order valence-corrected chi connectivity index (χ0v) is 21.9. The van der Waals surface area contributed by atoms with Crippen molar-refractivity contribution >= 4 is 45.8 Å². The lowest BCUT2D eigenvalue weighted by Gasteiger charge is -2.27. The molecule has 1 aliphatic heterocycles. The van der Waals surface area contributed by atoms with Crippen molar-refractivity contribution < 1.29 is 19.4 Å². The van der Waals surface area contributed by atoms with Gasteiger partial charge >= 0.3 is 5.97 Å². The Morgan fingerprint density at radius 1 is 1.22 bits per heavy atom. The summed E-state index contributed by atoms with van der Waals surface area (Å²) in [5, 5.41) is 12.5. The minimum absolute atomic E-state index is 0.00842. The average Bonchev–Trinajstić information content (AvgIpc) is 3.19. The second kappa shape index (κ2) is 9.88. The Kier molecular flexibility index (Phi) is 6.62. The van der Waals surface area contributed by atoms with Crippen LogP contribution >= 0.6 is 22.9 Å². The van der Waals surface area contributed by atoms with Crippen LogP contribution in [0.25, 0.3) is 16.8 Å². The van der Waals surface area contributed by atoms with Crippen molar-refractivity contribution in [2.45, 2.75) is 19.9 Å². The highest BCUT2D eigenvalue weighted by molar-refractivity contribution is 7.07. The zero-order chi connectivity index (χ0) is 26.3. The fourth-order valence-electron chi connectivity index (χ4n) is 4.58. The quantitative estimate of drug-likeness (QED) is 0.385. The monoisotopic (exact) mass is 534 g/mol. The second-order valence-electron chi connectivity index (χ2n) is 8.41. The molecule has 0 bridgehead atoms. The third kappa shape index (κ3) is 4.32. The number of hydrogen-bond acceptors (Lipinski definition) is 7. The molecule has 1 aromatic heterocycles. The summed E-state index contributed by atoms with van der Waals surface area (Å²) in [6, 6.07) is 15.3. The Labute approximate surface area is 221 Å². The van der Waals surface area contributed by atoms with Gasteiger partial charge in [-0.2, -0.15) is 0 Å². The normalized spacial score (nSPS) is 15.5. The number of nitrogens with zero attached hydrogens (tertiary/aromatic N) is 2. The Hall–Kier alpha value is -3.88. The van der Waals surface area contributed by atoms with Crippen LogP contribution in [0.4, 0.5) is 0 Å². The van der Waals surface area contributed by atoms with Crippen LogP contribution in [0, 0.1) is 0 Å². The SMILES string of the molecule is CCOC(=O)C1=C(C)N=c2s/c(=C\c3cc(Cl)ccc3O)c(=O)n2C1c1c(OC)ccc2ccccc12. The third-order valence-corrected chi connectivity index (χ3v) is 7.44. The van der Waals surface area contributed by atoms with Gasteiger partial charge in [-0.15, -0.1) is 0 Å². The van der Waals surface area contributed by atoms with Gasteiger partial charge in [-0.3, -0.25) is 9.36 Å². The van der Waals surface area contributed by atoms with Gasteiger partial charge in [-0.25, -0.2) is 9.79 Å². The highest BCUT2D eigenvalue weighted by Crippen LogP contribution is 2.40. The van der Waals surface area contributed by atoms with Crippen LogP contribution in [0.5, 0.6) is 11.5 Å². The summed E-state index contributed by atoms with van der Waals surface area (Å²) >= 11 is 7.28. The average molecular weight is 535 g/mol. The number of aromatic hydroxyl groups is 1. The molecule has 1 unspecified atom stereocenters. The number of aromatic nitrogens is 1. The Morgan fingerprint density at radius 2 is 2.00 bits per heavy atom. The molecule has 5 rings (SSSR count). The number of carbonyl (C=O) groups excluding carboxylic acids is 1. The first-order valence-corrected chi connectivity index (χ1v) is 12.8. The van der Waals surface area contributed by atoms with Crippen LogP contribution in [0.3, 0.4) is 0 Å². The van der Waals surface area contributed by atoms with Crippen LogP contribution in [0.1, 0.15) is 31.0 Å². The number of methoxy groups -OCH3 is 1. The fraction of sp³-hybridized carbons (Fsp3) is 0.179. The van der Waals surface area contributed by atoms with Crippen LogP contribution in [0.2, 0.25) is 5.02 Å². The van der Waals surface area contributed by atoms with Crippen LogP contribution < -0.4 is 19.6 Å². The van der Waals surface area contributed by atoms with E-state index in [1.54, 1.807) is 39.2 Å². The number of carbonyl (C=O) groups is 1. The minimum atomic E-state index is -0.841. The smallest absolute Gasteiger partial charge is 0.338 e. The van der Waals surface area contributed by atoms with Crippen molar-refractivity contribution in [1.82, 2.24) is 4.57 Å². The molecule has 1 aliphatic rings. The van der Waals surface area contributed by atoms with Crippen molar-refractivity contribution in [3.8, 4) is 11.5 Å². The Morgan fingerprint density at radius 3 is 2.76 bits per heavy atom. The molecule has 0 fully saturated rings. The lowest BCUT2D eigenvalue weighted by atomic mass is 9.90. The van der Waals surface area contributed by atoms with Crippen molar-refractivity contribution in [3.63, 3.8) is 0 Å². The lowest BCUT2D eigenvalue weighted by molar-refractivity contribution is -0.139. The lowest BCUT2D eigenvalue weighted by Crippen LogP contribution is -2.40. The van der Waals surface area contributed by atoms with Crippen molar-refractivity contribution in [3.05, 3.63) is 102 Å². The van der Waals surface area contributed by atoms with E-state index in [2.05, 4.69) is 4.99 Å². The van der Waals surface area contributed by atoms with Gasteiger partial charge in [0, 0.05) is 16.1 Å². The second-order valence-corrected chi connectivity index (χ2v) is 9.85. The van der Waals surface area contributed by atoms with Gasteiger partial charge in [0.25, 0.3) is 5.56 Å². The minimum Gasteiger partial charge on any atom is -0.507 e. The van der Waals surface area contributed by atoms with Gasteiger partial charge < -0.3 is 14.6 Å². The van der Waals surface area contributed by atoms with Crippen LogP contribution in [-0.2, 0) is 9.53 Å². The summed E-state index contributed by atoms with van der Waals surface area (Å²) in [6.07, 6.45) is 1.58. The van der Waals surface area contributed by atoms with Gasteiger partial charge in [0.15, 0.2) is 4.80 Å². The van der Waals surface area contributed by atoms with E-state index < -0.39 is 12.0 Å². The summed E-state index contributed by atoms with van der Waals surface area (Å²) in [7, 11) is 1.56. The molecule has 0 saturated carbocycles. The molecule has 4 aromatic rings. The number of phenolic OH excluding ortho intramolecular Hbond substituents is 1. The van der Waals surface area contributed by atoms with E-state index in [1.807, 2.05) is 36.4 Å². The number of rotatable bonds is 5. The maximum absolute atomic E-state index is 13.9. The molecule has 0 saturated heterocycles. The van der Waals surface area contributed by atoms with Gasteiger partial charge in [0.1, 0.15) is 17.5 Å². The van der Waals surface area contributed by atoms with E-state index in [4.69, 9.17) is 21.1 Å². The van der Waals surface area contributed by atoms with Crippen molar-refractivity contribution in [2.75, 3.05) is 13.7 Å². The number of allylic oxidation sites excluding steroid dienone is 1. The number of ether oxygens (including phenoxy) is 2. The first-order chi connectivity index (χ1) is 17.8. The van der Waals surface area contributed by atoms with E-state index in [0.29, 0.717) is 36.9 Å². The number of phenols is 1. The Balaban J connectivity index is 1.86. The predicted molar refractivity (Wildman–Crippen MR) is 144 cm³/mol. The maximum Gasteiger partial charge on any atom is 0.338 e. The summed E-state index contributed by atoms with van der Waals surface area (Å²) in [4.78, 5) is 32.2. The highest BCUT2D eigenvalue weighted by Gasteiger charge is 2.36. The zero-order valence-electron chi connectivity index (χ0n) is 20.3. The summed E-state index contributed by atoms with van der Waals surface area (Å²) in [6.45, 7) is 3.64. The molecule has 0 amide bonds. The number of thiazole rings is 1. The third-order valence-electron chi connectivity index (χ3n) is 6.22. The highest BCUT2D eigenvalue weighted by atomic mass is 35.5. The molecule has 9 heteroatoms. The number of fused-ring (bicyclic) bond motifs is 2. The molecule has 2 heterocycles. The van der Waals surface area contributed by atoms with E-state index >= 15 is 0 Å². The molecule has 0 spiro atoms. The molecule has 188 valence electrons. The summed E-state index contributed by atoms with van der Waals surface area (Å²) < 4.78 is 13.0. The van der Waals surface area contributed by atoms with Gasteiger partial charge in [0.05, 0.1) is 29.5 Å². The standard InChI is InChI=1S/C28H23ClN2O5S/c1-4-36-27(34)23-15(2)30-28-31(26(33)22(37-28)14-17-13-18(29)10-11-20(17)32)25(23)24-19-8-6-5-7-16(19)9-12-21(24)35-3/h5-14,25,32H,4H2,1-3H3/b22-14-.